The van der Waals surface area contributed by atoms with Crippen molar-refractivity contribution in [3.63, 3.8) is 0 Å². The van der Waals surface area contributed by atoms with Gasteiger partial charge in [0.25, 0.3) is 0 Å². The molecule has 2 fully saturated rings. The number of benzene rings is 3. The fourth-order valence-corrected chi connectivity index (χ4v) is 4.73. The van der Waals surface area contributed by atoms with Crippen molar-refractivity contribution < 1.29 is 40.9 Å². The van der Waals surface area contributed by atoms with E-state index in [0.29, 0.717) is 31.8 Å². The summed E-state index contributed by atoms with van der Waals surface area (Å²) in [4.78, 5) is 0. The van der Waals surface area contributed by atoms with Gasteiger partial charge in [0.2, 0.25) is 0 Å². The van der Waals surface area contributed by atoms with Crippen molar-refractivity contribution in [2.75, 3.05) is 26.4 Å². The third-order valence-corrected chi connectivity index (χ3v) is 6.66. The van der Waals surface area contributed by atoms with Crippen molar-refractivity contribution in [3.8, 4) is 5.75 Å². The van der Waals surface area contributed by atoms with Gasteiger partial charge in [-0.25, -0.2) is 22.0 Å². The van der Waals surface area contributed by atoms with Gasteiger partial charge in [0.15, 0.2) is 41.1 Å². The van der Waals surface area contributed by atoms with Crippen LogP contribution in [0.25, 0.3) is 10.8 Å². The molecule has 0 radical (unpaired) electrons. The van der Waals surface area contributed by atoms with Crippen LogP contribution in [0.5, 0.6) is 5.75 Å². The van der Waals surface area contributed by atoms with Crippen LogP contribution in [0.2, 0.25) is 0 Å². The molecule has 0 amide bonds. The lowest BCUT2D eigenvalue weighted by atomic mass is 9.92. The predicted octanol–water partition coefficient (Wildman–Crippen LogP) is 6.38. The zero-order valence-electron chi connectivity index (χ0n) is 19.5. The van der Waals surface area contributed by atoms with Crippen LogP contribution in [-0.4, -0.2) is 32.7 Å². The molecule has 2 atom stereocenters. The first kappa shape index (κ1) is 24.9. The van der Waals surface area contributed by atoms with Crippen molar-refractivity contribution in [3.05, 3.63) is 76.6 Å². The molecule has 0 N–H and O–H groups in total. The summed E-state index contributed by atoms with van der Waals surface area (Å²) >= 11 is 0. The average molecular weight is 508 g/mol. The zero-order valence-corrected chi connectivity index (χ0v) is 19.5. The van der Waals surface area contributed by atoms with Gasteiger partial charge in [0.05, 0.1) is 32.5 Å². The Morgan fingerprint density at radius 1 is 0.806 bits per heavy atom. The Morgan fingerprint density at radius 3 is 2.19 bits per heavy atom. The molecule has 36 heavy (non-hydrogen) atoms. The standard InChI is InChI=1S/C27H25F5O4/c1-14-6-21(29)26(22(30)7-14)34-10-15-11-35-27(36-12-15)17-3-5-23(33-13-17)16-2-4-19-18(8-16)9-20(28)25(32)24(19)31/h2,4,6-9,15,17,23,27H,3,5,10-13H2,1H3. The molecule has 192 valence electrons. The highest BCUT2D eigenvalue weighted by molar-refractivity contribution is 5.84. The highest BCUT2D eigenvalue weighted by atomic mass is 19.2. The molecular formula is C27H25F5O4. The Morgan fingerprint density at radius 2 is 1.53 bits per heavy atom. The molecule has 2 heterocycles. The van der Waals surface area contributed by atoms with E-state index in [4.69, 9.17) is 18.9 Å². The first-order valence-electron chi connectivity index (χ1n) is 11.8. The van der Waals surface area contributed by atoms with Crippen molar-refractivity contribution >= 4 is 10.8 Å². The molecule has 9 heteroatoms. The Balaban J connectivity index is 1.12. The number of hydrogen-bond acceptors (Lipinski definition) is 4. The number of fused-ring (bicyclic) bond motifs is 1. The average Bonchev–Trinajstić information content (AvgIpc) is 2.87. The maximum Gasteiger partial charge on any atom is 0.195 e. The normalized spacial score (nSPS) is 24.7. The first-order chi connectivity index (χ1) is 17.3. The Hall–Kier alpha value is -2.75. The van der Waals surface area contributed by atoms with E-state index in [1.54, 1.807) is 19.1 Å². The Kier molecular flexibility index (Phi) is 7.14. The third kappa shape index (κ3) is 5.05. The van der Waals surface area contributed by atoms with E-state index in [-0.39, 0.29) is 35.3 Å². The SMILES string of the molecule is Cc1cc(F)c(OCC2COC(C3CCC(c4ccc5c(F)c(F)c(F)cc5c4)OC3)OC2)c(F)c1. The maximum atomic E-state index is 14.0. The lowest BCUT2D eigenvalue weighted by Gasteiger charge is -2.37. The van der Waals surface area contributed by atoms with Crippen molar-refractivity contribution in [2.24, 2.45) is 11.8 Å². The fourth-order valence-electron chi connectivity index (χ4n) is 4.73. The topological polar surface area (TPSA) is 36.9 Å². The molecule has 2 unspecified atom stereocenters. The second-order valence-corrected chi connectivity index (χ2v) is 9.40. The minimum atomic E-state index is -1.48. The number of hydrogen-bond donors (Lipinski definition) is 0. The predicted molar refractivity (Wildman–Crippen MR) is 121 cm³/mol. The lowest BCUT2D eigenvalue weighted by Crippen LogP contribution is -2.42. The maximum absolute atomic E-state index is 14.0. The Bertz CT molecular complexity index is 1230. The summed E-state index contributed by atoms with van der Waals surface area (Å²) in [6.45, 7) is 2.65. The fraction of sp³-hybridized carbons (Fsp3) is 0.407. The van der Waals surface area contributed by atoms with E-state index < -0.39 is 41.1 Å². The molecule has 0 aromatic heterocycles. The molecule has 2 saturated heterocycles. The second kappa shape index (κ2) is 10.3. The summed E-state index contributed by atoms with van der Waals surface area (Å²) in [5.74, 6) is -6.00. The third-order valence-electron chi connectivity index (χ3n) is 6.66. The van der Waals surface area contributed by atoms with Gasteiger partial charge in [0, 0.05) is 17.2 Å². The molecule has 0 saturated carbocycles. The van der Waals surface area contributed by atoms with E-state index in [0.717, 1.165) is 18.1 Å². The highest BCUT2D eigenvalue weighted by Crippen LogP contribution is 2.36. The second-order valence-electron chi connectivity index (χ2n) is 9.40. The Labute approximate surface area is 204 Å². The van der Waals surface area contributed by atoms with Crippen LogP contribution in [0.1, 0.15) is 30.1 Å². The van der Waals surface area contributed by atoms with Gasteiger partial charge in [-0.2, -0.15) is 0 Å². The van der Waals surface area contributed by atoms with Gasteiger partial charge in [-0.15, -0.1) is 0 Å². The molecule has 0 aliphatic carbocycles. The summed E-state index contributed by atoms with van der Waals surface area (Å²) in [5, 5.41) is 0.286. The van der Waals surface area contributed by atoms with Crippen LogP contribution < -0.4 is 4.74 Å². The van der Waals surface area contributed by atoms with Crippen LogP contribution in [0.4, 0.5) is 22.0 Å². The van der Waals surface area contributed by atoms with Crippen molar-refractivity contribution in [2.45, 2.75) is 32.2 Å². The highest BCUT2D eigenvalue weighted by Gasteiger charge is 2.34. The minimum absolute atomic E-state index is 0.0143. The molecule has 5 rings (SSSR count). The summed E-state index contributed by atoms with van der Waals surface area (Å²) in [7, 11) is 0. The number of ether oxygens (including phenoxy) is 4. The lowest BCUT2D eigenvalue weighted by molar-refractivity contribution is -0.243. The largest absolute Gasteiger partial charge is 0.487 e. The van der Waals surface area contributed by atoms with Crippen molar-refractivity contribution in [1.29, 1.82) is 0 Å². The summed E-state index contributed by atoms with van der Waals surface area (Å²) in [6, 6.07) is 8.12. The van der Waals surface area contributed by atoms with E-state index in [1.807, 2.05) is 0 Å². The van der Waals surface area contributed by atoms with Crippen LogP contribution >= 0.6 is 0 Å². The molecule has 2 aliphatic rings. The van der Waals surface area contributed by atoms with E-state index in [9.17, 15) is 22.0 Å². The smallest absolute Gasteiger partial charge is 0.195 e. The number of rotatable bonds is 5. The molecule has 4 nitrogen and oxygen atoms in total. The quantitative estimate of drug-likeness (QED) is 0.296. The molecule has 0 spiro atoms. The summed E-state index contributed by atoms with van der Waals surface area (Å²) in [5.41, 5.74) is 1.23. The van der Waals surface area contributed by atoms with E-state index in [1.165, 1.54) is 18.2 Å². The minimum Gasteiger partial charge on any atom is -0.487 e. The van der Waals surface area contributed by atoms with Crippen LogP contribution in [0.15, 0.2) is 36.4 Å². The van der Waals surface area contributed by atoms with Gasteiger partial charge < -0.3 is 18.9 Å². The first-order valence-corrected chi connectivity index (χ1v) is 11.8. The van der Waals surface area contributed by atoms with Crippen LogP contribution in [0.3, 0.4) is 0 Å². The molecule has 2 aliphatic heterocycles. The molecule has 0 bridgehead atoms. The zero-order chi connectivity index (χ0) is 25.4. The van der Waals surface area contributed by atoms with Gasteiger partial charge in [-0.1, -0.05) is 12.1 Å². The molecule has 3 aromatic rings. The van der Waals surface area contributed by atoms with Crippen molar-refractivity contribution in [1.82, 2.24) is 0 Å². The van der Waals surface area contributed by atoms with Gasteiger partial charge in [-0.3, -0.25) is 0 Å². The molecular weight excluding hydrogens is 483 g/mol. The van der Waals surface area contributed by atoms with Crippen LogP contribution in [-0.2, 0) is 14.2 Å². The number of aryl methyl sites for hydroxylation is 1. The monoisotopic (exact) mass is 508 g/mol. The van der Waals surface area contributed by atoms with Crippen LogP contribution in [0, 0.1) is 47.8 Å². The molecule has 3 aromatic carbocycles. The van der Waals surface area contributed by atoms with Gasteiger partial charge in [0.1, 0.15) is 0 Å². The van der Waals surface area contributed by atoms with E-state index >= 15 is 0 Å². The summed E-state index contributed by atoms with van der Waals surface area (Å²) in [6.07, 6.45) is 0.633. The van der Waals surface area contributed by atoms with Gasteiger partial charge >= 0.3 is 0 Å². The van der Waals surface area contributed by atoms with E-state index in [2.05, 4.69) is 0 Å². The van der Waals surface area contributed by atoms with Gasteiger partial charge in [-0.05, 0) is 60.5 Å². The number of halogens is 5. The summed E-state index contributed by atoms with van der Waals surface area (Å²) < 4.78 is 92.1.